The molecule has 0 aliphatic heterocycles. The van der Waals surface area contributed by atoms with E-state index in [-0.39, 0.29) is 6.04 Å². The molecule has 0 fully saturated rings. The van der Waals surface area contributed by atoms with E-state index in [1.807, 2.05) is 19.3 Å². The zero-order chi connectivity index (χ0) is 11.8. The third kappa shape index (κ3) is 1.76. The lowest BCUT2D eigenvalue weighted by molar-refractivity contribution is 0.570. The second-order valence-electron chi connectivity index (χ2n) is 4.73. The summed E-state index contributed by atoms with van der Waals surface area (Å²) < 4.78 is 2.11. The molecule has 0 bridgehead atoms. The maximum Gasteiger partial charge on any atom is 0.110 e. The molecule has 3 nitrogen and oxygen atoms in total. The lowest BCUT2D eigenvalue weighted by Crippen LogP contribution is -2.17. The average molecular weight is 227 g/mol. The minimum atomic E-state index is 0.219. The normalized spacial score (nSPS) is 19.1. The van der Waals surface area contributed by atoms with Gasteiger partial charge in [0.2, 0.25) is 0 Å². The molecule has 0 saturated carbocycles. The van der Waals surface area contributed by atoms with Gasteiger partial charge in [0.25, 0.3) is 0 Å². The van der Waals surface area contributed by atoms with E-state index in [0.717, 1.165) is 18.7 Å². The lowest BCUT2D eigenvalue weighted by atomic mass is 9.88. The van der Waals surface area contributed by atoms with Crippen molar-refractivity contribution < 1.29 is 0 Å². The summed E-state index contributed by atoms with van der Waals surface area (Å²) in [5.41, 5.74) is 10.0. The van der Waals surface area contributed by atoms with E-state index in [0.29, 0.717) is 0 Å². The van der Waals surface area contributed by atoms with Crippen molar-refractivity contribution in [2.75, 3.05) is 0 Å². The SMILES string of the molecule is Cc1nccn1-c1ccc2c(c1)CCCC2N. The predicted molar refractivity (Wildman–Crippen MR) is 68.2 cm³/mol. The van der Waals surface area contributed by atoms with Crippen molar-refractivity contribution in [3.05, 3.63) is 47.5 Å². The summed E-state index contributed by atoms with van der Waals surface area (Å²) in [6.45, 7) is 2.02. The quantitative estimate of drug-likeness (QED) is 0.813. The van der Waals surface area contributed by atoms with Crippen molar-refractivity contribution in [3.8, 4) is 5.69 Å². The van der Waals surface area contributed by atoms with Gasteiger partial charge in [0, 0.05) is 24.1 Å². The predicted octanol–water partition coefficient (Wildman–Crippen LogP) is 2.52. The summed E-state index contributed by atoms with van der Waals surface area (Å²) in [6.07, 6.45) is 7.28. The Bertz CT molecular complexity index is 542. The van der Waals surface area contributed by atoms with Crippen LogP contribution in [0.3, 0.4) is 0 Å². The Hall–Kier alpha value is -1.61. The van der Waals surface area contributed by atoms with Crippen LogP contribution in [-0.4, -0.2) is 9.55 Å². The summed E-state index contributed by atoms with van der Waals surface area (Å²) >= 11 is 0. The first kappa shape index (κ1) is 10.5. The fourth-order valence-corrected chi connectivity index (χ4v) is 2.64. The number of hydrogen-bond donors (Lipinski definition) is 1. The van der Waals surface area contributed by atoms with Gasteiger partial charge in [-0.2, -0.15) is 0 Å². The molecule has 1 atom stereocenters. The molecule has 2 aromatic rings. The van der Waals surface area contributed by atoms with E-state index in [1.165, 1.54) is 23.2 Å². The van der Waals surface area contributed by atoms with Crippen LogP contribution in [0.2, 0.25) is 0 Å². The Balaban J connectivity index is 2.07. The molecule has 2 N–H and O–H groups in total. The molecular weight excluding hydrogens is 210 g/mol. The number of aromatic nitrogens is 2. The molecule has 17 heavy (non-hydrogen) atoms. The molecule has 0 radical (unpaired) electrons. The van der Waals surface area contributed by atoms with Crippen LogP contribution in [0.15, 0.2) is 30.6 Å². The topological polar surface area (TPSA) is 43.8 Å². The number of nitrogens with two attached hydrogens (primary N) is 1. The first-order valence-corrected chi connectivity index (χ1v) is 6.14. The molecule has 3 heteroatoms. The van der Waals surface area contributed by atoms with E-state index < -0.39 is 0 Å². The average Bonchev–Trinajstić information content (AvgIpc) is 2.75. The van der Waals surface area contributed by atoms with E-state index in [4.69, 9.17) is 5.73 Å². The minimum Gasteiger partial charge on any atom is -0.324 e. The number of benzene rings is 1. The maximum atomic E-state index is 6.13. The van der Waals surface area contributed by atoms with Crippen LogP contribution < -0.4 is 5.73 Å². The number of rotatable bonds is 1. The smallest absolute Gasteiger partial charge is 0.110 e. The van der Waals surface area contributed by atoms with Gasteiger partial charge < -0.3 is 10.3 Å². The van der Waals surface area contributed by atoms with Crippen molar-refractivity contribution in [3.63, 3.8) is 0 Å². The van der Waals surface area contributed by atoms with E-state index in [9.17, 15) is 0 Å². The molecule has 1 aliphatic carbocycles. The van der Waals surface area contributed by atoms with E-state index in [2.05, 4.69) is 27.8 Å². The largest absolute Gasteiger partial charge is 0.324 e. The van der Waals surface area contributed by atoms with Gasteiger partial charge in [-0.15, -0.1) is 0 Å². The highest BCUT2D eigenvalue weighted by atomic mass is 15.1. The zero-order valence-corrected chi connectivity index (χ0v) is 10.1. The third-order valence-electron chi connectivity index (χ3n) is 3.59. The molecule has 1 heterocycles. The van der Waals surface area contributed by atoms with E-state index in [1.54, 1.807) is 0 Å². The van der Waals surface area contributed by atoms with Gasteiger partial charge in [-0.05, 0) is 49.4 Å². The van der Waals surface area contributed by atoms with Crippen molar-refractivity contribution in [2.24, 2.45) is 5.73 Å². The summed E-state index contributed by atoms with van der Waals surface area (Å²) in [5, 5.41) is 0. The minimum absolute atomic E-state index is 0.219. The van der Waals surface area contributed by atoms with Gasteiger partial charge in [-0.3, -0.25) is 0 Å². The Morgan fingerprint density at radius 1 is 1.41 bits per heavy atom. The highest BCUT2D eigenvalue weighted by Crippen LogP contribution is 2.29. The number of hydrogen-bond acceptors (Lipinski definition) is 2. The fourth-order valence-electron chi connectivity index (χ4n) is 2.64. The first-order valence-electron chi connectivity index (χ1n) is 6.14. The Morgan fingerprint density at radius 2 is 2.29 bits per heavy atom. The monoisotopic (exact) mass is 227 g/mol. The standard InChI is InChI=1S/C14H17N3/c1-10-16-7-8-17(10)12-5-6-13-11(9-12)3-2-4-14(13)15/h5-9,14H,2-4,15H2,1H3. The summed E-state index contributed by atoms with van der Waals surface area (Å²) in [6, 6.07) is 6.78. The third-order valence-corrected chi connectivity index (χ3v) is 3.59. The molecule has 0 spiro atoms. The number of aryl methyl sites for hydroxylation is 2. The molecule has 0 amide bonds. The Kier molecular flexibility index (Phi) is 2.48. The number of imidazole rings is 1. The fraction of sp³-hybridized carbons (Fsp3) is 0.357. The van der Waals surface area contributed by atoms with E-state index >= 15 is 0 Å². The second kappa shape index (κ2) is 4.00. The van der Waals surface area contributed by atoms with Crippen molar-refractivity contribution in [2.45, 2.75) is 32.2 Å². The molecule has 0 saturated heterocycles. The van der Waals surface area contributed by atoms with Gasteiger partial charge >= 0.3 is 0 Å². The first-order chi connectivity index (χ1) is 8.25. The van der Waals surface area contributed by atoms with Crippen molar-refractivity contribution in [1.29, 1.82) is 0 Å². The van der Waals surface area contributed by atoms with Crippen LogP contribution in [-0.2, 0) is 6.42 Å². The molecular formula is C14H17N3. The van der Waals surface area contributed by atoms with Gasteiger partial charge in [-0.1, -0.05) is 6.07 Å². The molecule has 3 rings (SSSR count). The summed E-state index contributed by atoms with van der Waals surface area (Å²) in [7, 11) is 0. The van der Waals surface area contributed by atoms with Crippen LogP contribution in [0, 0.1) is 6.92 Å². The maximum absolute atomic E-state index is 6.13. The summed E-state index contributed by atoms with van der Waals surface area (Å²) in [5.74, 6) is 1.02. The van der Waals surface area contributed by atoms with Gasteiger partial charge in [0.05, 0.1) is 0 Å². The van der Waals surface area contributed by atoms with Crippen molar-refractivity contribution in [1.82, 2.24) is 9.55 Å². The molecule has 1 unspecified atom stereocenters. The highest BCUT2D eigenvalue weighted by molar-refractivity contribution is 5.43. The lowest BCUT2D eigenvalue weighted by Gasteiger charge is -2.23. The van der Waals surface area contributed by atoms with Crippen LogP contribution in [0.4, 0.5) is 0 Å². The second-order valence-corrected chi connectivity index (χ2v) is 4.73. The van der Waals surface area contributed by atoms with Gasteiger partial charge in [0.1, 0.15) is 5.82 Å². The Labute approximate surface area is 101 Å². The molecule has 1 aromatic carbocycles. The number of fused-ring (bicyclic) bond motifs is 1. The van der Waals surface area contributed by atoms with Crippen LogP contribution in [0.25, 0.3) is 5.69 Å². The van der Waals surface area contributed by atoms with Crippen molar-refractivity contribution >= 4 is 0 Å². The van der Waals surface area contributed by atoms with Crippen LogP contribution in [0.5, 0.6) is 0 Å². The number of nitrogens with zero attached hydrogens (tertiary/aromatic N) is 2. The molecule has 1 aliphatic rings. The molecule has 1 aromatic heterocycles. The molecule has 88 valence electrons. The van der Waals surface area contributed by atoms with Gasteiger partial charge in [0.15, 0.2) is 0 Å². The van der Waals surface area contributed by atoms with Crippen LogP contribution >= 0.6 is 0 Å². The van der Waals surface area contributed by atoms with Gasteiger partial charge in [-0.25, -0.2) is 4.98 Å². The zero-order valence-electron chi connectivity index (χ0n) is 10.1. The van der Waals surface area contributed by atoms with Crippen LogP contribution in [0.1, 0.15) is 35.8 Å². The Morgan fingerprint density at radius 3 is 3.06 bits per heavy atom. The summed E-state index contributed by atoms with van der Waals surface area (Å²) in [4.78, 5) is 4.26. The highest BCUT2D eigenvalue weighted by Gasteiger charge is 2.17.